The summed E-state index contributed by atoms with van der Waals surface area (Å²) >= 11 is 0. The molecule has 100 valence electrons. The highest BCUT2D eigenvalue weighted by molar-refractivity contribution is 7.85. The van der Waals surface area contributed by atoms with Crippen molar-refractivity contribution in [2.24, 2.45) is 0 Å². The quantitative estimate of drug-likeness (QED) is 0.730. The molecule has 3 heteroatoms. The standard InChI is InChI=1S/C16H17FOS/c17-15-11-4-5-12-16(15)19(18)13-7-6-10-14-8-2-1-3-9-14/h1-5,8-9,11-12H,6-7,10,13H2. The molecule has 1 nitrogen and oxygen atoms in total. The molecule has 0 N–H and O–H groups in total. The van der Waals surface area contributed by atoms with Gasteiger partial charge in [-0.3, -0.25) is 4.21 Å². The van der Waals surface area contributed by atoms with Crippen LogP contribution in [0.3, 0.4) is 0 Å². The maximum Gasteiger partial charge on any atom is 0.139 e. The lowest BCUT2D eigenvalue weighted by Gasteiger charge is -2.04. The normalized spacial score (nSPS) is 12.3. The second-order valence-corrected chi connectivity index (χ2v) is 5.96. The van der Waals surface area contributed by atoms with Crippen LogP contribution < -0.4 is 0 Å². The summed E-state index contributed by atoms with van der Waals surface area (Å²) in [6, 6.07) is 16.5. The number of hydrogen-bond acceptors (Lipinski definition) is 1. The number of hydrogen-bond donors (Lipinski definition) is 0. The zero-order valence-corrected chi connectivity index (χ0v) is 11.5. The molecule has 19 heavy (non-hydrogen) atoms. The molecule has 2 aromatic carbocycles. The van der Waals surface area contributed by atoms with E-state index < -0.39 is 10.8 Å². The van der Waals surface area contributed by atoms with Crippen molar-refractivity contribution in [2.75, 3.05) is 5.75 Å². The van der Waals surface area contributed by atoms with Gasteiger partial charge in [-0.15, -0.1) is 0 Å². The van der Waals surface area contributed by atoms with E-state index in [0.717, 1.165) is 19.3 Å². The summed E-state index contributed by atoms with van der Waals surface area (Å²) in [6.07, 6.45) is 2.80. The molecule has 0 bridgehead atoms. The van der Waals surface area contributed by atoms with E-state index in [1.165, 1.54) is 11.6 Å². The van der Waals surface area contributed by atoms with Crippen molar-refractivity contribution in [3.8, 4) is 0 Å². The summed E-state index contributed by atoms with van der Waals surface area (Å²) < 4.78 is 25.4. The lowest BCUT2D eigenvalue weighted by molar-refractivity contribution is 0.594. The number of unbranched alkanes of at least 4 members (excludes halogenated alkanes) is 1. The first-order valence-corrected chi connectivity index (χ1v) is 7.76. The van der Waals surface area contributed by atoms with E-state index in [-0.39, 0.29) is 5.82 Å². The lowest BCUT2D eigenvalue weighted by Crippen LogP contribution is -2.01. The third-order valence-electron chi connectivity index (χ3n) is 2.97. The minimum absolute atomic E-state index is 0.321. The Labute approximate surface area is 115 Å². The average Bonchev–Trinajstić information content (AvgIpc) is 2.45. The molecule has 0 aliphatic heterocycles. The van der Waals surface area contributed by atoms with Gasteiger partial charge in [-0.1, -0.05) is 42.5 Å². The largest absolute Gasteiger partial charge is 0.254 e. The molecule has 0 saturated carbocycles. The highest BCUT2D eigenvalue weighted by Gasteiger charge is 2.08. The van der Waals surface area contributed by atoms with Crippen LogP contribution in [0.2, 0.25) is 0 Å². The van der Waals surface area contributed by atoms with E-state index in [1.807, 2.05) is 18.2 Å². The van der Waals surface area contributed by atoms with Crippen molar-refractivity contribution < 1.29 is 8.60 Å². The monoisotopic (exact) mass is 276 g/mol. The summed E-state index contributed by atoms with van der Waals surface area (Å²) in [7, 11) is -1.23. The Hall–Kier alpha value is -1.48. The molecule has 0 radical (unpaired) electrons. The van der Waals surface area contributed by atoms with Crippen LogP contribution >= 0.6 is 0 Å². The minimum Gasteiger partial charge on any atom is -0.254 e. The maximum atomic E-state index is 13.4. The second-order valence-electron chi connectivity index (χ2n) is 4.42. The molecule has 1 unspecified atom stereocenters. The number of benzene rings is 2. The maximum absolute atomic E-state index is 13.4. The summed E-state index contributed by atoms with van der Waals surface area (Å²) in [6.45, 7) is 0. The lowest BCUT2D eigenvalue weighted by atomic mass is 10.1. The van der Waals surface area contributed by atoms with Gasteiger partial charge in [0, 0.05) is 5.75 Å². The molecule has 0 saturated heterocycles. The molecule has 0 aliphatic rings. The van der Waals surface area contributed by atoms with Gasteiger partial charge >= 0.3 is 0 Å². The SMILES string of the molecule is O=S(CCCCc1ccccc1)c1ccccc1F. The fourth-order valence-corrected chi connectivity index (χ4v) is 3.15. The second kappa shape index (κ2) is 7.19. The van der Waals surface area contributed by atoms with Gasteiger partial charge in [-0.2, -0.15) is 0 Å². The minimum atomic E-state index is -1.23. The Bertz CT molecular complexity index is 539. The van der Waals surface area contributed by atoms with Crippen LogP contribution in [-0.4, -0.2) is 9.96 Å². The van der Waals surface area contributed by atoms with Crippen LogP contribution in [0.15, 0.2) is 59.5 Å². The highest BCUT2D eigenvalue weighted by Crippen LogP contribution is 2.13. The highest BCUT2D eigenvalue weighted by atomic mass is 32.2. The Morgan fingerprint density at radius 3 is 2.32 bits per heavy atom. The Balaban J connectivity index is 1.77. The van der Waals surface area contributed by atoms with Crippen LogP contribution in [0.25, 0.3) is 0 Å². The van der Waals surface area contributed by atoms with Gasteiger partial charge in [0.15, 0.2) is 0 Å². The van der Waals surface area contributed by atoms with Crippen LogP contribution in [0.4, 0.5) is 4.39 Å². The van der Waals surface area contributed by atoms with Gasteiger partial charge in [-0.25, -0.2) is 4.39 Å². The van der Waals surface area contributed by atoms with Crippen LogP contribution in [0.1, 0.15) is 18.4 Å². The summed E-state index contributed by atoms with van der Waals surface area (Å²) in [5.41, 5.74) is 1.29. The van der Waals surface area contributed by atoms with Crippen molar-refractivity contribution in [1.82, 2.24) is 0 Å². The van der Waals surface area contributed by atoms with Gasteiger partial charge in [-0.05, 0) is 37.0 Å². The average molecular weight is 276 g/mol. The summed E-state index contributed by atoms with van der Waals surface area (Å²) in [4.78, 5) is 0.321. The van der Waals surface area contributed by atoms with E-state index in [4.69, 9.17) is 0 Å². The zero-order valence-electron chi connectivity index (χ0n) is 10.7. The molecule has 0 fully saturated rings. The van der Waals surface area contributed by atoms with Gasteiger partial charge in [0.2, 0.25) is 0 Å². The van der Waals surface area contributed by atoms with Crippen LogP contribution in [-0.2, 0) is 17.2 Å². The predicted octanol–water partition coefficient (Wildman–Crippen LogP) is 3.96. The molecule has 2 rings (SSSR count). The molecule has 1 atom stereocenters. The van der Waals surface area contributed by atoms with E-state index >= 15 is 0 Å². The number of aryl methyl sites for hydroxylation is 1. The Morgan fingerprint density at radius 1 is 0.895 bits per heavy atom. The fourth-order valence-electron chi connectivity index (χ4n) is 1.95. The number of halogens is 1. The molecule has 0 aromatic heterocycles. The first-order chi connectivity index (χ1) is 9.27. The van der Waals surface area contributed by atoms with Gasteiger partial charge in [0.1, 0.15) is 5.82 Å². The van der Waals surface area contributed by atoms with Crippen molar-refractivity contribution in [1.29, 1.82) is 0 Å². The molecular weight excluding hydrogens is 259 g/mol. The molecular formula is C16H17FOS. The molecule has 0 aliphatic carbocycles. The smallest absolute Gasteiger partial charge is 0.139 e. The first kappa shape index (κ1) is 13.9. The van der Waals surface area contributed by atoms with Crippen molar-refractivity contribution in [3.63, 3.8) is 0 Å². The van der Waals surface area contributed by atoms with Crippen LogP contribution in [0.5, 0.6) is 0 Å². The molecule has 0 amide bonds. The van der Waals surface area contributed by atoms with Gasteiger partial charge in [0.25, 0.3) is 0 Å². The Kier molecular flexibility index (Phi) is 5.28. The third kappa shape index (κ3) is 4.28. The molecule has 0 heterocycles. The van der Waals surface area contributed by atoms with E-state index in [9.17, 15) is 8.60 Å². The fraction of sp³-hybridized carbons (Fsp3) is 0.250. The van der Waals surface area contributed by atoms with Crippen molar-refractivity contribution in [3.05, 3.63) is 66.0 Å². The zero-order chi connectivity index (χ0) is 13.5. The topological polar surface area (TPSA) is 17.1 Å². The van der Waals surface area contributed by atoms with Crippen molar-refractivity contribution in [2.45, 2.75) is 24.2 Å². The predicted molar refractivity (Wildman–Crippen MR) is 77.1 cm³/mol. The van der Waals surface area contributed by atoms with Gasteiger partial charge in [0.05, 0.1) is 15.7 Å². The summed E-state index contributed by atoms with van der Waals surface area (Å²) in [5, 5.41) is 0. The summed E-state index contributed by atoms with van der Waals surface area (Å²) in [5.74, 6) is 0.150. The molecule has 2 aromatic rings. The van der Waals surface area contributed by atoms with E-state index in [0.29, 0.717) is 10.6 Å². The molecule has 0 spiro atoms. The van der Waals surface area contributed by atoms with E-state index in [2.05, 4.69) is 12.1 Å². The third-order valence-corrected chi connectivity index (χ3v) is 4.45. The first-order valence-electron chi connectivity index (χ1n) is 6.44. The number of rotatable bonds is 6. The van der Waals surface area contributed by atoms with Crippen molar-refractivity contribution >= 4 is 10.8 Å². The van der Waals surface area contributed by atoms with Crippen LogP contribution in [0, 0.1) is 5.82 Å². The Morgan fingerprint density at radius 2 is 1.58 bits per heavy atom. The van der Waals surface area contributed by atoms with E-state index in [1.54, 1.807) is 18.2 Å². The van der Waals surface area contributed by atoms with Gasteiger partial charge < -0.3 is 0 Å².